The molecule has 3 rings (SSSR count). The summed E-state index contributed by atoms with van der Waals surface area (Å²) in [6, 6.07) is 12.0. The third kappa shape index (κ3) is 4.39. The van der Waals surface area contributed by atoms with Crippen LogP contribution in [0.5, 0.6) is 0 Å². The molecule has 0 bridgehead atoms. The summed E-state index contributed by atoms with van der Waals surface area (Å²) in [5.74, 6) is -0.0434. The van der Waals surface area contributed by atoms with Crippen molar-refractivity contribution in [2.24, 2.45) is 0 Å². The van der Waals surface area contributed by atoms with Crippen LogP contribution in [0.1, 0.15) is 10.4 Å². The molecular weight excluding hydrogens is 383 g/mol. The van der Waals surface area contributed by atoms with Gasteiger partial charge in [0.1, 0.15) is 0 Å². The van der Waals surface area contributed by atoms with Crippen LogP contribution in [0.2, 0.25) is 15.1 Å². The van der Waals surface area contributed by atoms with Crippen LogP contribution in [-0.2, 0) is 0 Å². The van der Waals surface area contributed by atoms with Gasteiger partial charge in [-0.1, -0.05) is 46.9 Å². The van der Waals surface area contributed by atoms with Crippen molar-refractivity contribution < 1.29 is 4.79 Å². The molecule has 2 aromatic carbocycles. The van der Waals surface area contributed by atoms with Gasteiger partial charge >= 0.3 is 0 Å². The van der Waals surface area contributed by atoms with E-state index in [1.807, 2.05) is 0 Å². The second-order valence-corrected chi connectivity index (χ2v) is 6.21. The Bertz CT molecular complexity index is 916. The fourth-order valence-electron chi connectivity index (χ4n) is 2.00. The number of nitrogens with one attached hydrogen (secondary N) is 2. The Balaban J connectivity index is 1.71. The Kier molecular flexibility index (Phi) is 5.38. The minimum atomic E-state index is -0.338. The Labute approximate surface area is 159 Å². The third-order valence-corrected chi connectivity index (χ3v) is 4.25. The summed E-state index contributed by atoms with van der Waals surface area (Å²) in [6.07, 6.45) is 2.82. The number of benzene rings is 2. The van der Waals surface area contributed by atoms with Gasteiger partial charge in [-0.15, -0.1) is 0 Å². The van der Waals surface area contributed by atoms with Crippen molar-refractivity contribution in [3.05, 3.63) is 75.5 Å². The normalized spacial score (nSPS) is 10.4. The highest BCUT2D eigenvalue weighted by Crippen LogP contribution is 2.30. The molecule has 2 N–H and O–H groups in total. The number of hydrogen-bond acceptors (Lipinski definition) is 4. The van der Waals surface area contributed by atoms with Crippen LogP contribution in [0.25, 0.3) is 0 Å². The van der Waals surface area contributed by atoms with Crippen molar-refractivity contribution in [2.75, 3.05) is 10.6 Å². The summed E-state index contributed by atoms with van der Waals surface area (Å²) < 4.78 is 0. The molecule has 0 spiro atoms. The number of anilines is 3. The van der Waals surface area contributed by atoms with Crippen molar-refractivity contribution >= 4 is 58.0 Å². The number of rotatable bonds is 4. The lowest BCUT2D eigenvalue weighted by atomic mass is 10.3. The minimum absolute atomic E-state index is 0.295. The molecular formula is C17H11Cl3N4O. The van der Waals surface area contributed by atoms with Gasteiger partial charge in [0.25, 0.3) is 5.91 Å². The van der Waals surface area contributed by atoms with Gasteiger partial charge in [0.05, 0.1) is 21.3 Å². The lowest BCUT2D eigenvalue weighted by molar-refractivity contribution is 0.102. The quantitative estimate of drug-likeness (QED) is 0.620. The van der Waals surface area contributed by atoms with E-state index in [0.29, 0.717) is 38.0 Å². The number of halogens is 3. The first-order valence-corrected chi connectivity index (χ1v) is 8.26. The first-order chi connectivity index (χ1) is 12.0. The lowest BCUT2D eigenvalue weighted by Crippen LogP contribution is -2.13. The van der Waals surface area contributed by atoms with Gasteiger partial charge in [-0.2, -0.15) is 0 Å². The van der Waals surface area contributed by atoms with E-state index < -0.39 is 0 Å². The average Bonchev–Trinajstić information content (AvgIpc) is 2.59. The molecule has 0 saturated heterocycles. The first kappa shape index (κ1) is 17.5. The zero-order valence-electron chi connectivity index (χ0n) is 12.6. The smallest absolute Gasteiger partial charge is 0.258 e. The molecule has 8 heteroatoms. The molecule has 0 unspecified atom stereocenters. The number of nitrogens with zero attached hydrogens (tertiary/aromatic N) is 2. The molecule has 0 radical (unpaired) electrons. The van der Waals surface area contributed by atoms with Gasteiger partial charge in [-0.25, -0.2) is 9.97 Å². The van der Waals surface area contributed by atoms with Crippen LogP contribution >= 0.6 is 34.8 Å². The van der Waals surface area contributed by atoms with E-state index in [4.69, 9.17) is 34.8 Å². The second kappa shape index (κ2) is 7.70. The molecule has 0 fully saturated rings. The van der Waals surface area contributed by atoms with Gasteiger partial charge in [0.2, 0.25) is 5.95 Å². The molecule has 0 aliphatic heterocycles. The Morgan fingerprint density at radius 2 is 1.68 bits per heavy atom. The van der Waals surface area contributed by atoms with Crippen LogP contribution in [-0.4, -0.2) is 15.9 Å². The number of aromatic nitrogens is 2. The van der Waals surface area contributed by atoms with Gasteiger partial charge in [0, 0.05) is 23.1 Å². The van der Waals surface area contributed by atoms with Crippen molar-refractivity contribution in [2.45, 2.75) is 0 Å². The SMILES string of the molecule is O=C(Nc1cccc(Cl)c1)c1cnc(Nc2cccc(Cl)c2Cl)nc1. The Morgan fingerprint density at radius 3 is 2.40 bits per heavy atom. The van der Waals surface area contributed by atoms with Crippen molar-refractivity contribution in [1.82, 2.24) is 9.97 Å². The van der Waals surface area contributed by atoms with Gasteiger partial charge < -0.3 is 10.6 Å². The largest absolute Gasteiger partial charge is 0.323 e. The monoisotopic (exact) mass is 392 g/mol. The maximum Gasteiger partial charge on any atom is 0.258 e. The summed E-state index contributed by atoms with van der Waals surface area (Å²) in [4.78, 5) is 20.4. The predicted octanol–water partition coefficient (Wildman–Crippen LogP) is 5.43. The van der Waals surface area contributed by atoms with Crippen molar-refractivity contribution in [3.63, 3.8) is 0 Å². The summed E-state index contributed by atoms with van der Waals surface area (Å²) in [6.45, 7) is 0. The number of hydrogen-bond donors (Lipinski definition) is 2. The van der Waals surface area contributed by atoms with Gasteiger partial charge in [-0.3, -0.25) is 4.79 Å². The Hall–Kier alpha value is -2.34. The summed E-state index contributed by atoms with van der Waals surface area (Å²) >= 11 is 18.0. The molecule has 0 atom stereocenters. The van der Waals surface area contributed by atoms with Crippen molar-refractivity contribution in [3.8, 4) is 0 Å². The molecule has 5 nitrogen and oxygen atoms in total. The standard InChI is InChI=1S/C17H11Cl3N4O/c18-11-3-1-4-12(7-11)23-16(25)10-8-21-17(22-9-10)24-14-6-2-5-13(19)15(14)20/h1-9H,(H,23,25)(H,21,22,24). The fraction of sp³-hybridized carbons (Fsp3) is 0. The summed E-state index contributed by atoms with van der Waals surface area (Å²) in [5.41, 5.74) is 1.47. The van der Waals surface area contributed by atoms with E-state index in [2.05, 4.69) is 20.6 Å². The molecule has 3 aromatic rings. The molecule has 1 heterocycles. The molecule has 0 aliphatic carbocycles. The maximum atomic E-state index is 12.2. The molecule has 0 aliphatic rings. The Morgan fingerprint density at radius 1 is 0.960 bits per heavy atom. The zero-order chi connectivity index (χ0) is 17.8. The molecule has 126 valence electrons. The zero-order valence-corrected chi connectivity index (χ0v) is 14.9. The molecule has 25 heavy (non-hydrogen) atoms. The topological polar surface area (TPSA) is 66.9 Å². The predicted molar refractivity (Wildman–Crippen MR) is 101 cm³/mol. The first-order valence-electron chi connectivity index (χ1n) is 7.13. The van der Waals surface area contributed by atoms with E-state index in [9.17, 15) is 4.79 Å². The third-order valence-electron chi connectivity index (χ3n) is 3.19. The average molecular weight is 394 g/mol. The summed E-state index contributed by atoms with van der Waals surface area (Å²) in [7, 11) is 0. The molecule has 1 aromatic heterocycles. The molecule has 0 saturated carbocycles. The number of carbonyl (C=O) groups excluding carboxylic acids is 1. The van der Waals surface area contributed by atoms with Crippen LogP contribution in [0.4, 0.5) is 17.3 Å². The van der Waals surface area contributed by atoms with E-state index in [1.165, 1.54) is 12.4 Å². The maximum absolute atomic E-state index is 12.2. The van der Waals surface area contributed by atoms with E-state index in [-0.39, 0.29) is 5.91 Å². The van der Waals surface area contributed by atoms with Gasteiger partial charge in [-0.05, 0) is 30.3 Å². The highest BCUT2D eigenvalue weighted by molar-refractivity contribution is 6.43. The van der Waals surface area contributed by atoms with Crippen LogP contribution in [0, 0.1) is 0 Å². The van der Waals surface area contributed by atoms with Crippen molar-refractivity contribution in [1.29, 1.82) is 0 Å². The highest BCUT2D eigenvalue weighted by atomic mass is 35.5. The summed E-state index contributed by atoms with van der Waals surface area (Å²) in [5, 5.41) is 7.00. The lowest BCUT2D eigenvalue weighted by Gasteiger charge is -2.08. The fourth-order valence-corrected chi connectivity index (χ4v) is 2.54. The molecule has 1 amide bonds. The number of amides is 1. The van der Waals surface area contributed by atoms with E-state index in [1.54, 1.807) is 42.5 Å². The number of carbonyl (C=O) groups is 1. The minimum Gasteiger partial charge on any atom is -0.323 e. The van der Waals surface area contributed by atoms with Crippen LogP contribution in [0.3, 0.4) is 0 Å². The van der Waals surface area contributed by atoms with Crippen LogP contribution in [0.15, 0.2) is 54.9 Å². The highest BCUT2D eigenvalue weighted by Gasteiger charge is 2.10. The van der Waals surface area contributed by atoms with E-state index >= 15 is 0 Å². The van der Waals surface area contributed by atoms with Gasteiger partial charge in [0.15, 0.2) is 0 Å². The van der Waals surface area contributed by atoms with E-state index in [0.717, 1.165) is 0 Å². The second-order valence-electron chi connectivity index (χ2n) is 4.99. The van der Waals surface area contributed by atoms with Crippen LogP contribution < -0.4 is 10.6 Å².